The average molecular weight is 233 g/mol. The Morgan fingerprint density at radius 3 is 2.75 bits per heavy atom. The van der Waals surface area contributed by atoms with E-state index in [1.165, 1.54) is 12.3 Å². The van der Waals surface area contributed by atoms with E-state index in [-0.39, 0.29) is 10.0 Å². The lowest BCUT2D eigenvalue weighted by atomic mass is 10.2. The summed E-state index contributed by atoms with van der Waals surface area (Å²) in [7, 11) is 0. The molecule has 0 aliphatic carbocycles. The third kappa shape index (κ3) is 1.59. The highest BCUT2D eigenvalue weighted by molar-refractivity contribution is 9.10. The van der Waals surface area contributed by atoms with Gasteiger partial charge in [-0.05, 0) is 22.0 Å². The Hall–Kier alpha value is -1.02. The van der Waals surface area contributed by atoms with Gasteiger partial charge in [-0.25, -0.2) is 8.78 Å². The minimum absolute atomic E-state index is 0.0718. The fourth-order valence-electron chi connectivity index (χ4n) is 0.698. The predicted octanol–water partition coefficient (Wildman–Crippen LogP) is 2.65. The van der Waals surface area contributed by atoms with E-state index >= 15 is 0 Å². The van der Waals surface area contributed by atoms with Crippen molar-refractivity contribution in [1.82, 2.24) is 4.98 Å². The largest absolute Gasteiger partial charge is 0.281 e. The van der Waals surface area contributed by atoms with Crippen LogP contribution in [0.4, 0.5) is 8.78 Å². The molecule has 5 heteroatoms. The third-order valence-corrected chi connectivity index (χ3v) is 2.08. The molecule has 1 rings (SSSR count). The molecule has 0 aromatic carbocycles. The van der Waals surface area contributed by atoms with E-state index in [1.54, 1.807) is 6.07 Å². The molecule has 0 bridgehead atoms. The Labute approximate surface area is 76.0 Å². The van der Waals surface area contributed by atoms with Crippen LogP contribution in [0.3, 0.4) is 0 Å². The van der Waals surface area contributed by atoms with Crippen LogP contribution in [0.2, 0.25) is 0 Å². The van der Waals surface area contributed by atoms with Gasteiger partial charge in [-0.1, -0.05) is 0 Å². The Kier molecular flexibility index (Phi) is 2.71. The van der Waals surface area contributed by atoms with Crippen LogP contribution in [0.1, 0.15) is 17.7 Å². The van der Waals surface area contributed by atoms with Crippen molar-refractivity contribution in [3.63, 3.8) is 0 Å². The van der Waals surface area contributed by atoms with Gasteiger partial charge in [0.15, 0.2) is 0 Å². The molecule has 2 nitrogen and oxygen atoms in total. The summed E-state index contributed by atoms with van der Waals surface area (Å²) in [6.07, 6.45) is -1.47. The number of nitriles is 1. The van der Waals surface area contributed by atoms with E-state index in [1.807, 2.05) is 0 Å². The Bertz CT molecular complexity index is 333. The Morgan fingerprint density at radius 1 is 1.58 bits per heavy atom. The average Bonchev–Trinajstić information content (AvgIpc) is 2.04. The number of halogens is 3. The summed E-state index contributed by atoms with van der Waals surface area (Å²) in [4.78, 5) is 3.44. The van der Waals surface area contributed by atoms with Crippen LogP contribution >= 0.6 is 15.9 Å². The second kappa shape index (κ2) is 3.59. The number of hydrogen-bond acceptors (Lipinski definition) is 2. The van der Waals surface area contributed by atoms with Crippen molar-refractivity contribution in [3.05, 3.63) is 28.0 Å². The Morgan fingerprint density at radius 2 is 2.25 bits per heavy atom. The standard InChI is InChI=1S/C7H3BrF2N2/c8-5-4(3-11)1-2-12-6(5)7(9)10/h1-2,7H. The number of nitrogens with zero attached hydrogens (tertiary/aromatic N) is 2. The van der Waals surface area contributed by atoms with Gasteiger partial charge in [-0.2, -0.15) is 5.26 Å². The quantitative estimate of drug-likeness (QED) is 0.747. The molecule has 1 heterocycles. The normalized spacial score (nSPS) is 9.92. The molecule has 1 aromatic heterocycles. The molecule has 62 valence electrons. The molecular formula is C7H3BrF2N2. The molecule has 0 aliphatic heterocycles. The molecule has 0 saturated carbocycles. The summed E-state index contributed by atoms with van der Waals surface area (Å²) < 4.78 is 24.4. The lowest BCUT2D eigenvalue weighted by Crippen LogP contribution is -1.93. The lowest BCUT2D eigenvalue weighted by Gasteiger charge is -2.01. The third-order valence-electron chi connectivity index (χ3n) is 1.24. The number of aromatic nitrogens is 1. The van der Waals surface area contributed by atoms with Crippen molar-refractivity contribution in [3.8, 4) is 6.07 Å². The molecule has 0 aliphatic rings. The number of hydrogen-bond donors (Lipinski definition) is 0. The summed E-state index contributed by atoms with van der Waals surface area (Å²) in [6.45, 7) is 0. The van der Waals surface area contributed by atoms with Crippen LogP contribution < -0.4 is 0 Å². The SMILES string of the molecule is N#Cc1ccnc(C(F)F)c1Br. The van der Waals surface area contributed by atoms with Gasteiger partial charge in [0.2, 0.25) is 0 Å². The second-order valence-corrected chi connectivity index (χ2v) is 2.76. The van der Waals surface area contributed by atoms with Crippen molar-refractivity contribution in [2.45, 2.75) is 6.43 Å². The number of pyridine rings is 1. The van der Waals surface area contributed by atoms with E-state index < -0.39 is 12.1 Å². The zero-order chi connectivity index (χ0) is 9.14. The molecule has 0 amide bonds. The summed E-state index contributed by atoms with van der Waals surface area (Å²) in [5.41, 5.74) is -0.227. The van der Waals surface area contributed by atoms with Crippen LogP contribution in [-0.4, -0.2) is 4.98 Å². The summed E-state index contributed by atoms with van der Waals surface area (Å²) in [5, 5.41) is 8.47. The van der Waals surface area contributed by atoms with Gasteiger partial charge in [-0.15, -0.1) is 0 Å². The minimum atomic E-state index is -2.66. The van der Waals surface area contributed by atoms with Crippen molar-refractivity contribution in [2.75, 3.05) is 0 Å². The molecular weight excluding hydrogens is 230 g/mol. The van der Waals surface area contributed by atoms with E-state index in [0.717, 1.165) is 0 Å². The van der Waals surface area contributed by atoms with Gasteiger partial charge in [0.25, 0.3) is 6.43 Å². The second-order valence-electron chi connectivity index (χ2n) is 1.97. The molecule has 0 atom stereocenters. The van der Waals surface area contributed by atoms with Crippen LogP contribution in [0.25, 0.3) is 0 Å². The molecule has 0 unspecified atom stereocenters. The highest BCUT2D eigenvalue weighted by Gasteiger charge is 2.15. The van der Waals surface area contributed by atoms with Crippen molar-refractivity contribution < 1.29 is 8.78 Å². The first kappa shape index (κ1) is 9.07. The molecule has 0 radical (unpaired) electrons. The van der Waals surface area contributed by atoms with Crippen molar-refractivity contribution in [1.29, 1.82) is 5.26 Å². The van der Waals surface area contributed by atoms with Crippen molar-refractivity contribution >= 4 is 15.9 Å². The van der Waals surface area contributed by atoms with E-state index in [4.69, 9.17) is 5.26 Å². The summed E-state index contributed by atoms with van der Waals surface area (Å²) in [6, 6.07) is 3.14. The van der Waals surface area contributed by atoms with Gasteiger partial charge in [0.05, 0.1) is 10.0 Å². The van der Waals surface area contributed by atoms with Crippen LogP contribution in [-0.2, 0) is 0 Å². The van der Waals surface area contributed by atoms with Crippen LogP contribution in [0.15, 0.2) is 16.7 Å². The summed E-state index contributed by atoms with van der Waals surface area (Å²) >= 11 is 2.88. The molecule has 0 spiro atoms. The maximum atomic E-state index is 12.1. The molecule has 0 N–H and O–H groups in total. The smallest absolute Gasteiger partial charge is 0.254 e. The van der Waals surface area contributed by atoms with Gasteiger partial charge in [-0.3, -0.25) is 4.98 Å². The van der Waals surface area contributed by atoms with Crippen LogP contribution in [0, 0.1) is 11.3 Å². The first-order valence-electron chi connectivity index (χ1n) is 2.99. The zero-order valence-electron chi connectivity index (χ0n) is 5.76. The maximum Gasteiger partial charge on any atom is 0.281 e. The topological polar surface area (TPSA) is 36.7 Å². The van der Waals surface area contributed by atoms with Gasteiger partial charge >= 0.3 is 0 Å². The highest BCUT2D eigenvalue weighted by Crippen LogP contribution is 2.27. The molecule has 12 heavy (non-hydrogen) atoms. The maximum absolute atomic E-state index is 12.1. The fourth-order valence-corrected chi connectivity index (χ4v) is 1.19. The van der Waals surface area contributed by atoms with E-state index in [9.17, 15) is 8.78 Å². The van der Waals surface area contributed by atoms with E-state index in [0.29, 0.717) is 0 Å². The molecule has 1 aromatic rings. The van der Waals surface area contributed by atoms with Crippen LogP contribution in [0.5, 0.6) is 0 Å². The minimum Gasteiger partial charge on any atom is -0.254 e. The van der Waals surface area contributed by atoms with E-state index in [2.05, 4.69) is 20.9 Å². The number of alkyl halides is 2. The zero-order valence-corrected chi connectivity index (χ0v) is 7.35. The van der Waals surface area contributed by atoms with Gasteiger partial charge in [0.1, 0.15) is 11.8 Å². The fraction of sp³-hybridized carbons (Fsp3) is 0.143. The lowest BCUT2D eigenvalue weighted by molar-refractivity contribution is 0.145. The first-order valence-corrected chi connectivity index (χ1v) is 3.78. The highest BCUT2D eigenvalue weighted by atomic mass is 79.9. The molecule has 0 saturated heterocycles. The summed E-state index contributed by atoms with van der Waals surface area (Å²) in [5.74, 6) is 0. The predicted molar refractivity (Wildman–Crippen MR) is 41.6 cm³/mol. The van der Waals surface area contributed by atoms with Gasteiger partial charge in [0, 0.05) is 6.20 Å². The van der Waals surface area contributed by atoms with Gasteiger partial charge < -0.3 is 0 Å². The Balaban J connectivity index is 3.25. The van der Waals surface area contributed by atoms with Crippen molar-refractivity contribution in [2.24, 2.45) is 0 Å². The molecule has 0 fully saturated rings. The first-order chi connectivity index (χ1) is 5.66. The monoisotopic (exact) mass is 232 g/mol. The number of rotatable bonds is 1.